The van der Waals surface area contributed by atoms with Gasteiger partial charge in [-0.25, -0.2) is 0 Å². The lowest BCUT2D eigenvalue weighted by molar-refractivity contribution is 0.0758. The van der Waals surface area contributed by atoms with Crippen molar-refractivity contribution in [3.05, 3.63) is 0 Å². The van der Waals surface area contributed by atoms with Crippen molar-refractivity contribution in [2.24, 2.45) is 5.73 Å². The number of rotatable bonds is 5. The molecular formula is C10H20N2OS. The minimum atomic E-state index is 0.217. The molecule has 14 heavy (non-hydrogen) atoms. The van der Waals surface area contributed by atoms with Crippen molar-refractivity contribution in [2.45, 2.75) is 38.3 Å². The molecule has 0 spiro atoms. The van der Waals surface area contributed by atoms with Gasteiger partial charge in [-0.15, -0.1) is 0 Å². The molecule has 1 aliphatic rings. The Bertz CT molecular complexity index is 193. The second-order valence-corrected chi connectivity index (χ2v) is 4.37. The van der Waals surface area contributed by atoms with E-state index in [-0.39, 0.29) is 6.04 Å². The van der Waals surface area contributed by atoms with Crippen molar-refractivity contribution in [3.63, 3.8) is 0 Å². The lowest BCUT2D eigenvalue weighted by Crippen LogP contribution is -2.44. The predicted molar refractivity (Wildman–Crippen MR) is 62.5 cm³/mol. The molecule has 0 amide bonds. The maximum atomic E-state index is 5.67. The molecule has 2 atom stereocenters. The quantitative estimate of drug-likeness (QED) is 0.700. The van der Waals surface area contributed by atoms with Gasteiger partial charge >= 0.3 is 0 Å². The number of nitrogens with zero attached hydrogens (tertiary/aromatic N) is 1. The first-order valence-corrected chi connectivity index (χ1v) is 5.67. The summed E-state index contributed by atoms with van der Waals surface area (Å²) in [6.07, 6.45) is 3.70. The molecule has 2 unspecified atom stereocenters. The van der Waals surface area contributed by atoms with Crippen LogP contribution in [0.25, 0.3) is 0 Å². The molecular weight excluding hydrogens is 196 g/mol. The molecule has 0 aromatic rings. The van der Waals surface area contributed by atoms with Gasteiger partial charge in [0.15, 0.2) is 0 Å². The highest BCUT2D eigenvalue weighted by molar-refractivity contribution is 7.80. The van der Waals surface area contributed by atoms with Gasteiger partial charge in [0.25, 0.3) is 0 Å². The Kier molecular flexibility index (Phi) is 4.78. The Hall–Kier alpha value is -0.190. The zero-order valence-corrected chi connectivity index (χ0v) is 9.85. The third-order valence-electron chi connectivity index (χ3n) is 2.76. The molecule has 3 nitrogen and oxygen atoms in total. The molecule has 1 aliphatic heterocycles. The summed E-state index contributed by atoms with van der Waals surface area (Å²) in [6.45, 7) is 3.95. The lowest BCUT2D eigenvalue weighted by Gasteiger charge is -2.28. The molecule has 0 bridgehead atoms. The first-order chi connectivity index (χ1) is 6.65. The third-order valence-corrected chi connectivity index (χ3v) is 3.03. The molecule has 4 heteroatoms. The van der Waals surface area contributed by atoms with Gasteiger partial charge in [0.05, 0.1) is 17.1 Å². The lowest BCUT2D eigenvalue weighted by atomic mass is 10.1. The second kappa shape index (κ2) is 5.63. The molecule has 1 rings (SSSR count). The van der Waals surface area contributed by atoms with Crippen LogP contribution in [0.15, 0.2) is 0 Å². The SMILES string of the molecule is CCC(C(N)=S)N(C)CC1CCCO1. The molecule has 0 radical (unpaired) electrons. The Morgan fingerprint density at radius 1 is 1.71 bits per heavy atom. The fourth-order valence-corrected chi connectivity index (χ4v) is 2.31. The van der Waals surface area contributed by atoms with Crippen LogP contribution >= 0.6 is 12.2 Å². The molecule has 1 heterocycles. The Labute approximate surface area is 91.6 Å². The summed E-state index contributed by atoms with van der Waals surface area (Å²) in [7, 11) is 2.06. The summed E-state index contributed by atoms with van der Waals surface area (Å²) < 4.78 is 5.57. The van der Waals surface area contributed by atoms with Crippen molar-refractivity contribution in [3.8, 4) is 0 Å². The van der Waals surface area contributed by atoms with Crippen LogP contribution in [-0.2, 0) is 4.74 Å². The topological polar surface area (TPSA) is 38.5 Å². The van der Waals surface area contributed by atoms with E-state index in [2.05, 4.69) is 18.9 Å². The van der Waals surface area contributed by atoms with Crippen LogP contribution in [0.4, 0.5) is 0 Å². The van der Waals surface area contributed by atoms with E-state index < -0.39 is 0 Å². The summed E-state index contributed by atoms with van der Waals surface area (Å²) >= 11 is 5.03. The Morgan fingerprint density at radius 3 is 2.86 bits per heavy atom. The average Bonchev–Trinajstić information content (AvgIpc) is 2.57. The molecule has 82 valence electrons. The number of likely N-dealkylation sites (N-methyl/N-ethyl adjacent to an activating group) is 1. The zero-order chi connectivity index (χ0) is 10.6. The second-order valence-electron chi connectivity index (χ2n) is 3.90. The van der Waals surface area contributed by atoms with E-state index >= 15 is 0 Å². The van der Waals surface area contributed by atoms with Crippen LogP contribution in [0.3, 0.4) is 0 Å². The van der Waals surface area contributed by atoms with Crippen molar-refractivity contribution >= 4 is 17.2 Å². The van der Waals surface area contributed by atoms with E-state index in [1.807, 2.05) is 0 Å². The number of thiocarbonyl (C=S) groups is 1. The normalized spacial score (nSPS) is 24.1. The van der Waals surface area contributed by atoms with Crippen molar-refractivity contribution in [1.82, 2.24) is 4.90 Å². The van der Waals surface area contributed by atoms with Gasteiger partial charge in [0.2, 0.25) is 0 Å². The smallest absolute Gasteiger partial charge is 0.0901 e. The standard InChI is InChI=1S/C10H20N2OS/c1-3-9(10(11)14)12(2)7-8-5-4-6-13-8/h8-9H,3-7H2,1-2H3,(H2,11,14). The summed E-state index contributed by atoms with van der Waals surface area (Å²) in [4.78, 5) is 2.80. The fraction of sp³-hybridized carbons (Fsp3) is 0.900. The van der Waals surface area contributed by atoms with Gasteiger partial charge in [-0.05, 0) is 26.3 Å². The van der Waals surface area contributed by atoms with Gasteiger partial charge < -0.3 is 10.5 Å². The maximum absolute atomic E-state index is 5.67. The number of hydrogen-bond acceptors (Lipinski definition) is 3. The van der Waals surface area contributed by atoms with Crippen LogP contribution in [0.1, 0.15) is 26.2 Å². The summed E-state index contributed by atoms with van der Waals surface area (Å²) in [6, 6.07) is 0.217. The third kappa shape index (κ3) is 3.19. The summed E-state index contributed by atoms with van der Waals surface area (Å²) in [5.74, 6) is 0. The van der Waals surface area contributed by atoms with E-state index in [9.17, 15) is 0 Å². The van der Waals surface area contributed by atoms with Crippen molar-refractivity contribution < 1.29 is 4.74 Å². The first-order valence-electron chi connectivity index (χ1n) is 5.26. The number of ether oxygens (including phenoxy) is 1. The van der Waals surface area contributed by atoms with E-state index in [1.54, 1.807) is 0 Å². The summed E-state index contributed by atoms with van der Waals surface area (Å²) in [5, 5.41) is 0. The molecule has 0 saturated carbocycles. The van der Waals surface area contributed by atoms with Crippen LogP contribution in [0, 0.1) is 0 Å². The van der Waals surface area contributed by atoms with E-state index in [1.165, 1.54) is 6.42 Å². The van der Waals surface area contributed by atoms with E-state index in [4.69, 9.17) is 22.7 Å². The van der Waals surface area contributed by atoms with Crippen molar-refractivity contribution in [1.29, 1.82) is 0 Å². The fourth-order valence-electron chi connectivity index (χ4n) is 1.97. The van der Waals surface area contributed by atoms with Crippen LogP contribution < -0.4 is 5.73 Å². The van der Waals surface area contributed by atoms with E-state index in [0.29, 0.717) is 11.1 Å². The summed E-state index contributed by atoms with van der Waals surface area (Å²) in [5.41, 5.74) is 5.67. The van der Waals surface area contributed by atoms with Gasteiger partial charge in [-0.3, -0.25) is 4.90 Å². The Balaban J connectivity index is 2.37. The average molecular weight is 216 g/mol. The molecule has 0 aliphatic carbocycles. The van der Waals surface area contributed by atoms with E-state index in [0.717, 1.165) is 26.0 Å². The highest BCUT2D eigenvalue weighted by atomic mass is 32.1. The van der Waals surface area contributed by atoms with Gasteiger partial charge in [-0.2, -0.15) is 0 Å². The molecule has 0 aromatic carbocycles. The zero-order valence-electron chi connectivity index (χ0n) is 9.03. The largest absolute Gasteiger partial charge is 0.392 e. The monoisotopic (exact) mass is 216 g/mol. The van der Waals surface area contributed by atoms with Crippen molar-refractivity contribution in [2.75, 3.05) is 20.2 Å². The molecule has 2 N–H and O–H groups in total. The van der Waals surface area contributed by atoms with Gasteiger partial charge in [-0.1, -0.05) is 19.1 Å². The molecule has 0 aromatic heterocycles. The van der Waals surface area contributed by atoms with Gasteiger partial charge in [0, 0.05) is 13.2 Å². The maximum Gasteiger partial charge on any atom is 0.0901 e. The number of hydrogen-bond donors (Lipinski definition) is 1. The minimum Gasteiger partial charge on any atom is -0.392 e. The highest BCUT2D eigenvalue weighted by Gasteiger charge is 2.22. The molecule has 1 fully saturated rings. The van der Waals surface area contributed by atoms with Gasteiger partial charge in [0.1, 0.15) is 0 Å². The Morgan fingerprint density at radius 2 is 2.43 bits per heavy atom. The molecule has 1 saturated heterocycles. The van der Waals surface area contributed by atoms with Crippen LogP contribution in [0.2, 0.25) is 0 Å². The minimum absolute atomic E-state index is 0.217. The van der Waals surface area contributed by atoms with Crippen LogP contribution in [-0.4, -0.2) is 42.2 Å². The van der Waals surface area contributed by atoms with Crippen LogP contribution in [0.5, 0.6) is 0 Å². The first kappa shape index (κ1) is 11.9. The number of nitrogens with two attached hydrogens (primary N) is 1. The predicted octanol–water partition coefficient (Wildman–Crippen LogP) is 1.16. The highest BCUT2D eigenvalue weighted by Crippen LogP contribution is 2.14.